The molecule has 1 amide bonds. The lowest BCUT2D eigenvalue weighted by Crippen LogP contribution is -2.41. The van der Waals surface area contributed by atoms with Crippen LogP contribution in [0, 0.1) is 0 Å². The maximum absolute atomic E-state index is 12.5. The average Bonchev–Trinajstić information content (AvgIpc) is 2.53. The van der Waals surface area contributed by atoms with Crippen LogP contribution in [0.2, 0.25) is 10.0 Å². The minimum Gasteiger partial charge on any atom is -0.486 e. The zero-order valence-corrected chi connectivity index (χ0v) is 14.0. The number of rotatable bonds is 3. The summed E-state index contributed by atoms with van der Waals surface area (Å²) in [7, 11) is 1.71. The summed E-state index contributed by atoms with van der Waals surface area (Å²) in [6.45, 7) is 0.794. The fraction of sp³-hybridized carbons (Fsp3) is 0.235. The maximum Gasteiger partial charge on any atom is 0.253 e. The van der Waals surface area contributed by atoms with Crippen LogP contribution in [0.4, 0.5) is 0 Å². The third-order valence-electron chi connectivity index (χ3n) is 3.50. The molecule has 3 rings (SSSR count). The van der Waals surface area contributed by atoms with Crippen molar-refractivity contribution in [1.29, 1.82) is 0 Å². The third kappa shape index (κ3) is 3.71. The number of carbonyl (C=O) groups excluding carboxylic acids is 1. The smallest absolute Gasteiger partial charge is 0.253 e. The minimum atomic E-state index is -0.228. The van der Waals surface area contributed by atoms with Gasteiger partial charge >= 0.3 is 0 Å². The number of nitrogens with zero attached hydrogens (tertiary/aromatic N) is 1. The van der Waals surface area contributed by atoms with Crippen molar-refractivity contribution >= 4 is 29.1 Å². The van der Waals surface area contributed by atoms with E-state index in [9.17, 15) is 4.79 Å². The third-order valence-corrected chi connectivity index (χ3v) is 3.94. The highest BCUT2D eigenvalue weighted by atomic mass is 35.5. The van der Waals surface area contributed by atoms with E-state index in [-0.39, 0.29) is 12.0 Å². The van der Waals surface area contributed by atoms with Crippen LogP contribution in [-0.2, 0) is 0 Å². The number of hydrogen-bond acceptors (Lipinski definition) is 3. The van der Waals surface area contributed by atoms with E-state index < -0.39 is 0 Å². The van der Waals surface area contributed by atoms with Crippen LogP contribution in [0.1, 0.15) is 10.4 Å². The molecule has 1 aliphatic rings. The molecule has 120 valence electrons. The van der Waals surface area contributed by atoms with Crippen molar-refractivity contribution in [3.8, 4) is 11.5 Å². The summed E-state index contributed by atoms with van der Waals surface area (Å²) in [6, 6.07) is 12.3. The van der Waals surface area contributed by atoms with Crippen molar-refractivity contribution in [3.05, 3.63) is 58.1 Å². The van der Waals surface area contributed by atoms with Crippen LogP contribution in [0.25, 0.3) is 0 Å². The Morgan fingerprint density at radius 2 is 1.83 bits per heavy atom. The largest absolute Gasteiger partial charge is 0.486 e. The summed E-state index contributed by atoms with van der Waals surface area (Å²) < 4.78 is 11.5. The van der Waals surface area contributed by atoms with Gasteiger partial charge in [-0.2, -0.15) is 0 Å². The number of likely N-dealkylation sites (N-methyl/N-ethyl adjacent to an activating group) is 1. The molecule has 0 radical (unpaired) electrons. The predicted molar refractivity (Wildman–Crippen MR) is 89.8 cm³/mol. The van der Waals surface area contributed by atoms with Gasteiger partial charge in [-0.05, 0) is 30.3 Å². The molecule has 0 N–H and O–H groups in total. The topological polar surface area (TPSA) is 38.8 Å². The van der Waals surface area contributed by atoms with Crippen molar-refractivity contribution < 1.29 is 14.3 Å². The van der Waals surface area contributed by atoms with Crippen molar-refractivity contribution in [3.63, 3.8) is 0 Å². The van der Waals surface area contributed by atoms with Gasteiger partial charge in [-0.1, -0.05) is 35.3 Å². The lowest BCUT2D eigenvalue weighted by molar-refractivity contribution is 0.0521. The molecule has 0 fully saturated rings. The van der Waals surface area contributed by atoms with Gasteiger partial charge in [0.05, 0.1) is 6.54 Å². The number of para-hydroxylation sites is 2. The molecule has 0 spiro atoms. The first-order chi connectivity index (χ1) is 11.0. The van der Waals surface area contributed by atoms with E-state index in [4.69, 9.17) is 32.7 Å². The van der Waals surface area contributed by atoms with E-state index in [0.717, 1.165) is 5.75 Å². The van der Waals surface area contributed by atoms with E-state index in [1.54, 1.807) is 30.1 Å². The van der Waals surface area contributed by atoms with Gasteiger partial charge in [0.25, 0.3) is 5.91 Å². The Kier molecular flexibility index (Phi) is 4.64. The molecule has 2 aromatic carbocycles. The summed E-state index contributed by atoms with van der Waals surface area (Å²) in [5.74, 6) is 1.24. The molecule has 23 heavy (non-hydrogen) atoms. The van der Waals surface area contributed by atoms with Gasteiger partial charge in [-0.25, -0.2) is 0 Å². The van der Waals surface area contributed by atoms with E-state index in [0.29, 0.717) is 34.5 Å². The van der Waals surface area contributed by atoms with E-state index in [1.165, 1.54) is 0 Å². The molecule has 0 saturated carbocycles. The zero-order valence-electron chi connectivity index (χ0n) is 12.5. The molecule has 0 unspecified atom stereocenters. The molecule has 0 saturated heterocycles. The zero-order chi connectivity index (χ0) is 16.4. The lowest BCUT2D eigenvalue weighted by atomic mass is 10.2. The van der Waals surface area contributed by atoms with Gasteiger partial charge in [-0.15, -0.1) is 0 Å². The number of fused-ring (bicyclic) bond motifs is 1. The van der Waals surface area contributed by atoms with E-state index >= 15 is 0 Å². The maximum atomic E-state index is 12.5. The quantitative estimate of drug-likeness (QED) is 0.841. The predicted octanol–water partition coefficient (Wildman–Crippen LogP) is 3.91. The van der Waals surface area contributed by atoms with Crippen molar-refractivity contribution in [2.45, 2.75) is 6.10 Å². The molecule has 1 atom stereocenters. The lowest BCUT2D eigenvalue weighted by Gasteiger charge is -2.29. The fourth-order valence-electron chi connectivity index (χ4n) is 2.44. The van der Waals surface area contributed by atoms with Gasteiger partial charge in [0.15, 0.2) is 17.6 Å². The summed E-state index contributed by atoms with van der Waals surface area (Å²) >= 11 is 11.9. The second kappa shape index (κ2) is 6.69. The average molecular weight is 352 g/mol. The highest BCUT2D eigenvalue weighted by Crippen LogP contribution is 2.31. The minimum absolute atomic E-state index is 0.170. The molecular formula is C17H15Cl2NO3. The van der Waals surface area contributed by atoms with Crippen LogP contribution >= 0.6 is 23.2 Å². The molecule has 0 bridgehead atoms. The van der Waals surface area contributed by atoms with Crippen LogP contribution in [-0.4, -0.2) is 37.1 Å². The Balaban J connectivity index is 1.67. The number of halogens is 2. The summed E-state index contributed by atoms with van der Waals surface area (Å²) in [4.78, 5) is 14.1. The number of amides is 1. The van der Waals surface area contributed by atoms with Gasteiger partial charge in [0.2, 0.25) is 0 Å². The first kappa shape index (κ1) is 16.0. The van der Waals surface area contributed by atoms with Gasteiger partial charge in [0, 0.05) is 22.7 Å². The summed E-state index contributed by atoms with van der Waals surface area (Å²) in [6.07, 6.45) is -0.228. The standard InChI is InChI=1S/C17H15Cl2NO3/c1-20(17(21)11-6-12(18)8-13(19)7-11)9-14-10-22-15-4-2-3-5-16(15)23-14/h2-8,14H,9-10H2,1H3/t14-/m0/s1. The molecule has 4 nitrogen and oxygen atoms in total. The highest BCUT2D eigenvalue weighted by Gasteiger charge is 2.24. The molecule has 1 heterocycles. The molecule has 1 aliphatic heterocycles. The van der Waals surface area contributed by atoms with Crippen molar-refractivity contribution in [2.24, 2.45) is 0 Å². The van der Waals surface area contributed by atoms with Gasteiger partial charge in [-0.3, -0.25) is 4.79 Å². The van der Waals surface area contributed by atoms with Gasteiger partial charge in [0.1, 0.15) is 6.61 Å². The number of hydrogen-bond donors (Lipinski definition) is 0. The highest BCUT2D eigenvalue weighted by molar-refractivity contribution is 6.35. The number of benzene rings is 2. The summed E-state index contributed by atoms with van der Waals surface area (Å²) in [5.41, 5.74) is 0.446. The monoisotopic (exact) mass is 351 g/mol. The van der Waals surface area contributed by atoms with E-state index in [1.807, 2.05) is 24.3 Å². The second-order valence-electron chi connectivity index (χ2n) is 5.34. The Hall–Kier alpha value is -1.91. The Morgan fingerprint density at radius 3 is 2.52 bits per heavy atom. The first-order valence-electron chi connectivity index (χ1n) is 7.13. The first-order valence-corrected chi connectivity index (χ1v) is 7.88. The Morgan fingerprint density at radius 1 is 1.17 bits per heavy atom. The Labute approximate surface area is 144 Å². The molecule has 2 aromatic rings. The molecular weight excluding hydrogens is 337 g/mol. The molecule has 0 aliphatic carbocycles. The number of carbonyl (C=O) groups is 1. The fourth-order valence-corrected chi connectivity index (χ4v) is 2.97. The van der Waals surface area contributed by atoms with Crippen LogP contribution in [0.15, 0.2) is 42.5 Å². The molecule has 6 heteroatoms. The second-order valence-corrected chi connectivity index (χ2v) is 6.21. The van der Waals surface area contributed by atoms with Crippen LogP contribution < -0.4 is 9.47 Å². The van der Waals surface area contributed by atoms with Crippen LogP contribution in [0.3, 0.4) is 0 Å². The normalized spacial score (nSPS) is 16.0. The Bertz CT molecular complexity index is 715. The molecule has 0 aromatic heterocycles. The van der Waals surface area contributed by atoms with Crippen LogP contribution in [0.5, 0.6) is 11.5 Å². The van der Waals surface area contributed by atoms with E-state index in [2.05, 4.69) is 0 Å². The number of ether oxygens (including phenoxy) is 2. The SMILES string of the molecule is CN(C[C@H]1COc2ccccc2O1)C(=O)c1cc(Cl)cc(Cl)c1. The summed E-state index contributed by atoms with van der Waals surface area (Å²) in [5, 5.41) is 0.862. The van der Waals surface area contributed by atoms with Crippen molar-refractivity contribution in [1.82, 2.24) is 4.90 Å². The van der Waals surface area contributed by atoms with Gasteiger partial charge < -0.3 is 14.4 Å². The van der Waals surface area contributed by atoms with Crippen molar-refractivity contribution in [2.75, 3.05) is 20.2 Å².